The lowest BCUT2D eigenvalue weighted by Gasteiger charge is -2.24. The lowest BCUT2D eigenvalue weighted by molar-refractivity contribution is -0.138. The van der Waals surface area contributed by atoms with Crippen molar-refractivity contribution in [3.05, 3.63) is 112 Å². The summed E-state index contributed by atoms with van der Waals surface area (Å²) < 4.78 is 155. The number of aromatic carboxylic acids is 2. The molecule has 0 saturated carbocycles. The van der Waals surface area contributed by atoms with Crippen molar-refractivity contribution in [2.24, 2.45) is 0 Å². The minimum atomic E-state index is -4.86. The van der Waals surface area contributed by atoms with Crippen LogP contribution in [0.3, 0.4) is 0 Å². The van der Waals surface area contributed by atoms with E-state index in [2.05, 4.69) is 19.9 Å². The molecule has 0 aliphatic carbocycles. The number of ketones is 2. The van der Waals surface area contributed by atoms with Crippen molar-refractivity contribution in [1.82, 2.24) is 34.6 Å². The van der Waals surface area contributed by atoms with Gasteiger partial charge < -0.3 is 76.3 Å². The number of hydrogen-bond donors (Lipinski definition) is 6. The molecule has 3 aliphatic heterocycles. The van der Waals surface area contributed by atoms with Crippen LogP contribution in [0.15, 0.2) is 61.2 Å². The Morgan fingerprint density at radius 2 is 0.680 bits per heavy atom. The fourth-order valence-electron chi connectivity index (χ4n) is 9.51. The first-order valence-electron chi connectivity index (χ1n) is 29.5. The number of nitrogens with zero attached hydrogens (tertiary/aromatic N) is 7. The number of Topliss-reactive ketones (excluding diaryl/α,β-unsaturated/α-hetero) is 2. The minimum Gasteiger partial charge on any atom is -0.486 e. The molecule has 3 saturated heterocycles. The molecular formula is C62H72F9N11O15. The molecule has 0 bridgehead atoms. The predicted molar refractivity (Wildman–Crippen MR) is 327 cm³/mol. The lowest BCUT2D eigenvalue weighted by atomic mass is 9.99. The standard InChI is InChI=1S/C40H46F6N6O8.C16H22F3N3O3.C6H4N2O4/c1-37(2,3)59-35(55)51-9-7-25(18-51)57-33-21(11-23(15-27(33)47)39(41,42)43)13-31(53)29-17-30(50-20-49-29)32(54)14-22-12-24(40(44,45)46)16-28(48)34(22)58-26-8-10-52(19-26)36(56)60-38(4,5)6;1-15(2,3)25-14(23)22-5-4-10(8-22)24-13-11(20)6-9(7-12(13)21)16(17,18)19;9-5(10)3-1-4(6(11)12)8-2-7-3/h11-12,15-17,20,25-26H,7-10,13-14,18-19,47-48H2,1-6H3;6-7,10H,4-5,8,20-21H2,1-3H3;1-2H,(H,9,10)(H,11,12)/t25-,26-;10-;/m11./s1. The van der Waals surface area contributed by atoms with E-state index in [0.717, 1.165) is 36.9 Å². The summed E-state index contributed by atoms with van der Waals surface area (Å²) in [7, 11) is 0. The molecule has 0 spiro atoms. The van der Waals surface area contributed by atoms with Crippen LogP contribution in [0.5, 0.6) is 17.2 Å². The highest BCUT2D eigenvalue weighted by atomic mass is 19.4. The number of benzene rings is 3. The monoisotopic (exact) mass is 1380 g/mol. The number of anilines is 4. The zero-order valence-electron chi connectivity index (χ0n) is 53.8. The van der Waals surface area contributed by atoms with Crippen molar-refractivity contribution >= 4 is 64.5 Å². The number of nitrogens with two attached hydrogens (primary N) is 4. The Morgan fingerprint density at radius 3 is 0.959 bits per heavy atom. The molecule has 3 aromatic carbocycles. The maximum atomic E-state index is 13.9. The number of carbonyl (C=O) groups is 7. The third-order valence-electron chi connectivity index (χ3n) is 13.8. The van der Waals surface area contributed by atoms with Gasteiger partial charge in [0.2, 0.25) is 0 Å². The van der Waals surface area contributed by atoms with Gasteiger partial charge in [-0.3, -0.25) is 9.59 Å². The summed E-state index contributed by atoms with van der Waals surface area (Å²) in [4.78, 5) is 104. The van der Waals surface area contributed by atoms with Crippen LogP contribution in [0.4, 0.5) is 76.6 Å². The smallest absolute Gasteiger partial charge is 0.416 e. The Kier molecular flexibility index (Phi) is 23.4. The van der Waals surface area contributed by atoms with Gasteiger partial charge in [0.05, 0.1) is 59.1 Å². The Balaban J connectivity index is 0.000000325. The Hall–Kier alpha value is -10.1. The Bertz CT molecular complexity index is 3560. The van der Waals surface area contributed by atoms with Crippen LogP contribution >= 0.6 is 0 Å². The molecular weight excluding hydrogens is 1310 g/mol. The minimum absolute atomic E-state index is 0.00374. The Morgan fingerprint density at radius 1 is 0.423 bits per heavy atom. The number of amides is 3. The van der Waals surface area contributed by atoms with E-state index in [9.17, 15) is 73.1 Å². The van der Waals surface area contributed by atoms with E-state index < -0.39 is 148 Å². The summed E-state index contributed by atoms with van der Waals surface area (Å²) in [6.07, 6.45) is -16.5. The first-order chi connectivity index (χ1) is 44.6. The van der Waals surface area contributed by atoms with Crippen LogP contribution in [-0.2, 0) is 45.6 Å². The van der Waals surface area contributed by atoms with Gasteiger partial charge in [-0.25, -0.2) is 43.9 Å². The van der Waals surface area contributed by atoms with Gasteiger partial charge in [0, 0.05) is 68.9 Å². The van der Waals surface area contributed by atoms with Gasteiger partial charge >= 0.3 is 48.7 Å². The van der Waals surface area contributed by atoms with E-state index >= 15 is 0 Å². The third-order valence-corrected chi connectivity index (χ3v) is 13.8. The van der Waals surface area contributed by atoms with Crippen molar-refractivity contribution in [3.8, 4) is 17.2 Å². The van der Waals surface area contributed by atoms with Crippen LogP contribution in [0.1, 0.15) is 151 Å². The second-order valence-electron chi connectivity index (χ2n) is 25.3. The zero-order valence-corrected chi connectivity index (χ0v) is 53.8. The molecule has 10 N–H and O–H groups in total. The van der Waals surface area contributed by atoms with E-state index in [-0.39, 0.29) is 96.7 Å². The van der Waals surface area contributed by atoms with Gasteiger partial charge in [0.15, 0.2) is 28.7 Å². The van der Waals surface area contributed by atoms with Crippen LogP contribution in [0, 0.1) is 0 Å². The molecule has 3 aliphatic rings. The van der Waals surface area contributed by atoms with Crippen molar-refractivity contribution in [1.29, 1.82) is 0 Å². The fourth-order valence-corrected chi connectivity index (χ4v) is 9.51. The van der Waals surface area contributed by atoms with Gasteiger partial charge in [-0.2, -0.15) is 39.5 Å². The summed E-state index contributed by atoms with van der Waals surface area (Å²) in [5, 5.41) is 16.8. The molecule has 97 heavy (non-hydrogen) atoms. The van der Waals surface area contributed by atoms with Crippen LogP contribution in [0.25, 0.3) is 0 Å². The topological polar surface area (TPSA) is 381 Å². The maximum Gasteiger partial charge on any atom is 0.416 e. The average molecular weight is 1380 g/mol. The van der Waals surface area contributed by atoms with Gasteiger partial charge in [0.1, 0.15) is 70.7 Å². The van der Waals surface area contributed by atoms with E-state index in [0.29, 0.717) is 37.2 Å². The molecule has 26 nitrogen and oxygen atoms in total. The van der Waals surface area contributed by atoms with Crippen molar-refractivity contribution in [3.63, 3.8) is 0 Å². The average Bonchev–Trinajstić information content (AvgIpc) is 1.44. The number of hydrogen-bond acceptors (Lipinski definition) is 21. The van der Waals surface area contributed by atoms with Gasteiger partial charge in [-0.1, -0.05) is 0 Å². The summed E-state index contributed by atoms with van der Waals surface area (Å²) in [5.41, 5.74) is 14.8. The Labute approximate surface area is 548 Å². The number of likely N-dealkylation sites (tertiary alicyclic amines) is 3. The highest BCUT2D eigenvalue weighted by Crippen LogP contribution is 2.42. The van der Waals surface area contributed by atoms with Crippen LogP contribution in [-0.4, -0.2) is 161 Å². The number of alkyl halides is 9. The summed E-state index contributed by atoms with van der Waals surface area (Å²) in [6, 6.07) is 6.15. The molecule has 3 amide bonds. The zero-order chi connectivity index (χ0) is 72.7. The highest BCUT2D eigenvalue weighted by Gasteiger charge is 2.39. The second-order valence-corrected chi connectivity index (χ2v) is 25.3. The summed E-state index contributed by atoms with van der Waals surface area (Å²) >= 11 is 0. The molecule has 8 rings (SSSR count). The first kappa shape index (κ1) is 75.9. The maximum absolute atomic E-state index is 13.9. The predicted octanol–water partition coefficient (Wildman–Crippen LogP) is 10.4. The molecule has 3 fully saturated rings. The number of ether oxygens (including phenoxy) is 6. The summed E-state index contributed by atoms with van der Waals surface area (Å²) in [5.74, 6) is -4.74. The van der Waals surface area contributed by atoms with E-state index in [1.165, 1.54) is 14.7 Å². The van der Waals surface area contributed by atoms with Crippen molar-refractivity contribution < 1.29 is 112 Å². The van der Waals surface area contributed by atoms with E-state index in [4.69, 9.17) is 61.6 Å². The van der Waals surface area contributed by atoms with Crippen LogP contribution in [0.2, 0.25) is 0 Å². The summed E-state index contributed by atoms with van der Waals surface area (Å²) in [6.45, 7) is 16.6. The molecule has 0 unspecified atom stereocenters. The van der Waals surface area contributed by atoms with Crippen molar-refractivity contribution in [2.75, 3.05) is 62.2 Å². The number of halogens is 9. The lowest BCUT2D eigenvalue weighted by Crippen LogP contribution is -2.36. The molecule has 528 valence electrons. The second kappa shape index (κ2) is 29.9. The number of carboxylic acid groups (broad SMARTS) is 2. The number of rotatable bonds is 14. The number of aromatic nitrogens is 4. The first-order valence-corrected chi connectivity index (χ1v) is 29.5. The van der Waals surface area contributed by atoms with Crippen molar-refractivity contribution in [2.45, 2.75) is 148 Å². The number of carbonyl (C=O) groups excluding carboxylic acids is 5. The third kappa shape index (κ3) is 22.0. The molecule has 3 atom stereocenters. The molecule has 2 aromatic heterocycles. The molecule has 5 aromatic rings. The van der Waals surface area contributed by atoms with E-state index in [1.807, 2.05) is 0 Å². The molecule has 5 heterocycles. The van der Waals surface area contributed by atoms with Crippen LogP contribution < -0.4 is 37.1 Å². The van der Waals surface area contributed by atoms with Gasteiger partial charge in [-0.05, 0) is 105 Å². The number of carboxylic acids is 2. The normalized spacial score (nSPS) is 16.6. The molecule has 0 radical (unpaired) electrons. The van der Waals surface area contributed by atoms with Gasteiger partial charge in [-0.15, -0.1) is 0 Å². The molecule has 35 heteroatoms. The largest absolute Gasteiger partial charge is 0.486 e. The SMILES string of the molecule is CC(C)(C)OC(=O)N1CC[C@@H](Oc2c(N)cc(C(F)(F)F)cc2CC(=O)c2cc(C(=O)Cc3cc(C(F)(F)F)cc(N)c3O[C@@H]3CCN(C(=O)OC(C)(C)C)C3)ncn2)C1.CC(C)(C)OC(=O)N1CC[C@@H](Oc2c(N)cc(C(F)(F)F)cc2N)C1.O=C(O)c1cc(C(=O)O)ncn1. The van der Waals surface area contributed by atoms with Gasteiger partial charge in [0.25, 0.3) is 0 Å². The van der Waals surface area contributed by atoms with E-state index in [1.54, 1.807) is 62.3 Å². The number of nitrogen functional groups attached to an aromatic ring is 4. The fraction of sp³-hybridized carbons (Fsp3) is 0.468. The quantitative estimate of drug-likeness (QED) is 0.0260. The highest BCUT2D eigenvalue weighted by molar-refractivity contribution is 6.01.